The second kappa shape index (κ2) is 15.2. The Balaban J connectivity index is 1.23. The number of hydrogen-bond acceptors (Lipinski definition) is 10. The molecule has 0 aliphatic carbocycles. The van der Waals surface area contributed by atoms with Gasteiger partial charge in [0.15, 0.2) is 0 Å². The van der Waals surface area contributed by atoms with E-state index < -0.39 is 0 Å². The molecule has 0 amide bonds. The first kappa shape index (κ1) is 29.3. The Bertz CT molecular complexity index is 1010. The zero-order chi connectivity index (χ0) is 25.3. The van der Waals surface area contributed by atoms with Gasteiger partial charge in [0, 0.05) is 54.8 Å². The first-order chi connectivity index (χ1) is 17.5. The Morgan fingerprint density at radius 1 is 0.750 bits per heavy atom. The molecule has 2 heterocycles. The third-order valence-corrected chi connectivity index (χ3v) is 17.4. The molecule has 36 heavy (non-hydrogen) atoms. The van der Waals surface area contributed by atoms with E-state index in [1.807, 2.05) is 70.6 Å². The molecule has 2 nitrogen and oxygen atoms in total. The molecule has 2 aromatic carbocycles. The van der Waals surface area contributed by atoms with Gasteiger partial charge in [0.2, 0.25) is 10.2 Å². The van der Waals surface area contributed by atoms with Crippen LogP contribution in [0.3, 0.4) is 0 Å². The highest BCUT2D eigenvalue weighted by molar-refractivity contribution is 8.23. The highest BCUT2D eigenvalue weighted by Crippen LogP contribution is 2.43. The fraction of sp³-hybridized carbons (Fsp3) is 0.385. The van der Waals surface area contributed by atoms with E-state index in [0.29, 0.717) is 19.7 Å². The molecular formula is C26H28O2S8. The molecule has 2 fully saturated rings. The van der Waals surface area contributed by atoms with E-state index in [1.165, 1.54) is 56.2 Å². The van der Waals surface area contributed by atoms with Crippen molar-refractivity contribution in [1.29, 1.82) is 0 Å². The monoisotopic (exact) mass is 628 g/mol. The van der Waals surface area contributed by atoms with Gasteiger partial charge in [-0.25, -0.2) is 0 Å². The van der Waals surface area contributed by atoms with Gasteiger partial charge in [-0.1, -0.05) is 48.8 Å². The quantitative estimate of drug-likeness (QED) is 0.169. The van der Waals surface area contributed by atoms with Crippen molar-refractivity contribution in [3.05, 3.63) is 61.7 Å². The number of carbonyl (C=O) groups excluding carboxylic acids is 2. The first-order valence-electron chi connectivity index (χ1n) is 11.4. The molecule has 2 saturated heterocycles. The molecule has 2 aliphatic heterocycles. The van der Waals surface area contributed by atoms with Crippen molar-refractivity contribution >= 4 is 115 Å². The number of thioether (sulfide) groups is 8. The Labute approximate surface area is 248 Å². The Hall–Kier alpha value is 0.320. The van der Waals surface area contributed by atoms with Crippen molar-refractivity contribution in [2.24, 2.45) is 0 Å². The van der Waals surface area contributed by atoms with Crippen LogP contribution in [-0.2, 0) is 9.59 Å². The van der Waals surface area contributed by atoms with Crippen LogP contribution >= 0.6 is 94.1 Å². The molecule has 4 atom stereocenters. The molecule has 0 saturated carbocycles. The smallest absolute Gasteiger partial charge is 0.211 e. The number of carbonyl (C=O) groups is 2. The van der Waals surface area contributed by atoms with E-state index in [-0.39, 0.29) is 10.2 Å². The lowest BCUT2D eigenvalue weighted by Gasteiger charge is -2.11. The SMILES string of the molecule is C=CC(=O)SCC1CSC(CSc2ccc3ccc(SCC4SCC(CSC(=O)C=C)S4)cc3c2)S1. The highest BCUT2D eigenvalue weighted by atomic mass is 32.2. The van der Waals surface area contributed by atoms with Crippen molar-refractivity contribution in [2.45, 2.75) is 29.5 Å². The molecular weight excluding hydrogens is 601 g/mol. The summed E-state index contributed by atoms with van der Waals surface area (Å²) in [6.45, 7) is 7.11. The molecule has 4 unspecified atom stereocenters. The van der Waals surface area contributed by atoms with Crippen LogP contribution < -0.4 is 0 Å². The van der Waals surface area contributed by atoms with Crippen LogP contribution in [0.15, 0.2) is 71.5 Å². The number of hydrogen-bond donors (Lipinski definition) is 0. The van der Waals surface area contributed by atoms with Crippen LogP contribution in [0.2, 0.25) is 0 Å². The van der Waals surface area contributed by atoms with Crippen LogP contribution in [0, 0.1) is 0 Å². The third kappa shape index (κ3) is 9.21. The summed E-state index contributed by atoms with van der Waals surface area (Å²) in [6, 6.07) is 13.6. The molecule has 0 bridgehead atoms. The fourth-order valence-electron chi connectivity index (χ4n) is 3.54. The van der Waals surface area contributed by atoms with Gasteiger partial charge >= 0.3 is 0 Å². The van der Waals surface area contributed by atoms with Crippen LogP contribution in [0.25, 0.3) is 10.8 Å². The van der Waals surface area contributed by atoms with E-state index in [9.17, 15) is 9.59 Å². The van der Waals surface area contributed by atoms with Gasteiger partial charge in [-0.05, 0) is 47.2 Å². The zero-order valence-corrected chi connectivity index (χ0v) is 26.2. The minimum Gasteiger partial charge on any atom is -0.282 e. The summed E-state index contributed by atoms with van der Waals surface area (Å²) in [5.74, 6) is 6.17. The van der Waals surface area contributed by atoms with E-state index in [4.69, 9.17) is 0 Å². The standard InChI is InChI=1S/C26H28O2S8/c1-3-23(27)31-11-21-13-33-25(35-21)15-29-19-7-5-17-6-8-20(10-18(17)9-19)30-16-26-34-14-22(36-26)12-32-24(28)4-2/h3-10,21-22,25-26H,1-2,11-16H2. The highest BCUT2D eigenvalue weighted by Gasteiger charge is 2.27. The maximum absolute atomic E-state index is 11.5. The fourth-order valence-corrected chi connectivity index (χ4v) is 14.8. The average molecular weight is 629 g/mol. The molecule has 0 aromatic heterocycles. The van der Waals surface area contributed by atoms with E-state index >= 15 is 0 Å². The Kier molecular flexibility index (Phi) is 12.4. The van der Waals surface area contributed by atoms with Crippen molar-refractivity contribution < 1.29 is 9.59 Å². The van der Waals surface area contributed by atoms with Gasteiger partial charge in [-0.2, -0.15) is 0 Å². The summed E-state index contributed by atoms with van der Waals surface area (Å²) in [5, 5.41) is 3.83. The van der Waals surface area contributed by atoms with Gasteiger partial charge in [0.1, 0.15) is 0 Å². The summed E-state index contributed by atoms with van der Waals surface area (Å²) in [4.78, 5) is 25.6. The van der Waals surface area contributed by atoms with Crippen molar-refractivity contribution in [2.75, 3.05) is 34.5 Å². The Morgan fingerprint density at radius 2 is 1.22 bits per heavy atom. The topological polar surface area (TPSA) is 34.1 Å². The molecule has 2 aliphatic rings. The molecule has 0 N–H and O–H groups in total. The second-order valence-corrected chi connectivity index (χ2v) is 18.3. The molecule has 2 aromatic rings. The lowest BCUT2D eigenvalue weighted by molar-refractivity contribution is -0.107. The number of rotatable bonds is 12. The lowest BCUT2D eigenvalue weighted by atomic mass is 10.1. The molecule has 0 radical (unpaired) electrons. The summed E-state index contributed by atoms with van der Waals surface area (Å²) in [6.07, 6.45) is 2.82. The number of fused-ring (bicyclic) bond motifs is 1. The Morgan fingerprint density at radius 3 is 1.67 bits per heavy atom. The maximum atomic E-state index is 11.5. The average Bonchev–Trinajstić information content (AvgIpc) is 3.57. The predicted molar refractivity (Wildman–Crippen MR) is 176 cm³/mol. The normalized spacial score (nSPS) is 23.7. The van der Waals surface area contributed by atoms with Crippen LogP contribution in [0.5, 0.6) is 0 Å². The summed E-state index contributed by atoms with van der Waals surface area (Å²) in [7, 11) is 0. The largest absolute Gasteiger partial charge is 0.282 e. The van der Waals surface area contributed by atoms with E-state index in [1.54, 1.807) is 0 Å². The molecule has 0 spiro atoms. The second-order valence-electron chi connectivity index (χ2n) is 8.00. The van der Waals surface area contributed by atoms with Gasteiger partial charge in [0.25, 0.3) is 0 Å². The lowest BCUT2D eigenvalue weighted by Crippen LogP contribution is -2.07. The summed E-state index contributed by atoms with van der Waals surface area (Å²) >= 11 is 14.7. The van der Waals surface area contributed by atoms with Crippen molar-refractivity contribution in [3.8, 4) is 0 Å². The van der Waals surface area contributed by atoms with Gasteiger partial charge < -0.3 is 0 Å². The third-order valence-electron chi connectivity index (χ3n) is 5.34. The summed E-state index contributed by atoms with van der Waals surface area (Å²) < 4.78 is 1.16. The van der Waals surface area contributed by atoms with Crippen molar-refractivity contribution in [1.82, 2.24) is 0 Å². The van der Waals surface area contributed by atoms with Gasteiger partial charge in [-0.3, -0.25) is 9.59 Å². The summed E-state index contributed by atoms with van der Waals surface area (Å²) in [5.41, 5.74) is 0. The van der Waals surface area contributed by atoms with Crippen LogP contribution in [0.1, 0.15) is 0 Å². The first-order valence-corrected chi connectivity index (χ1v) is 19.4. The minimum absolute atomic E-state index is 0.0770. The van der Waals surface area contributed by atoms with Crippen molar-refractivity contribution in [3.63, 3.8) is 0 Å². The minimum atomic E-state index is 0.0770. The molecule has 10 heteroatoms. The zero-order valence-electron chi connectivity index (χ0n) is 19.7. The number of benzene rings is 2. The van der Waals surface area contributed by atoms with Gasteiger partial charge in [-0.15, -0.1) is 70.6 Å². The van der Waals surface area contributed by atoms with E-state index in [0.717, 1.165) is 34.5 Å². The molecule has 4 rings (SSSR count). The van der Waals surface area contributed by atoms with Crippen LogP contribution in [0.4, 0.5) is 0 Å². The van der Waals surface area contributed by atoms with E-state index in [2.05, 4.69) is 49.6 Å². The van der Waals surface area contributed by atoms with Gasteiger partial charge in [0.05, 0.1) is 9.16 Å². The van der Waals surface area contributed by atoms with Crippen LogP contribution in [-0.4, -0.2) is 64.4 Å². The molecule has 192 valence electrons. The predicted octanol–water partition coefficient (Wildman–Crippen LogP) is 8.27. The maximum Gasteiger partial charge on any atom is 0.211 e.